The second kappa shape index (κ2) is 7.48. The maximum atomic E-state index is 12.5. The van der Waals surface area contributed by atoms with Gasteiger partial charge in [-0.25, -0.2) is 0 Å². The molecule has 0 spiro atoms. The Bertz CT molecular complexity index is 1050. The fourth-order valence-corrected chi connectivity index (χ4v) is 3.34. The Balaban J connectivity index is 1.85. The fraction of sp³-hybridized carbons (Fsp3) is 0.0588. The van der Waals surface area contributed by atoms with Crippen molar-refractivity contribution in [2.24, 2.45) is 0 Å². The lowest BCUT2D eigenvalue weighted by Crippen LogP contribution is -2.27. The molecule has 0 bridgehead atoms. The summed E-state index contributed by atoms with van der Waals surface area (Å²) >= 11 is 0.642. The van der Waals surface area contributed by atoms with E-state index in [2.05, 4.69) is 0 Å². The highest BCUT2D eigenvalue weighted by atomic mass is 32.2. The molecule has 1 saturated heterocycles. The molecule has 142 valence electrons. The average Bonchev–Trinajstić information content (AvgIpc) is 2.90. The molecule has 1 aliphatic rings. The molecule has 0 atom stereocenters. The number of imide groups is 1. The van der Waals surface area contributed by atoms with Gasteiger partial charge in [-0.1, -0.05) is 24.3 Å². The molecule has 2 aromatic rings. The largest absolute Gasteiger partial charge is 0.868 e. The first-order valence-electron chi connectivity index (χ1n) is 7.70. The quantitative estimate of drug-likeness (QED) is 0.423. The number of nitro groups is 2. The van der Waals surface area contributed by atoms with Crippen molar-refractivity contribution in [3.05, 3.63) is 78.7 Å². The summed E-state index contributed by atoms with van der Waals surface area (Å²) < 4.78 is 0. The lowest BCUT2D eigenvalue weighted by Gasteiger charge is -2.12. The van der Waals surface area contributed by atoms with Crippen molar-refractivity contribution in [2.45, 2.75) is 6.54 Å². The second-order valence-corrected chi connectivity index (χ2v) is 6.67. The SMILES string of the molecule is O=C1S/C(=C/c2ccc([O-])c([N+](=O)[O-])c2)C(=O)N1Cc1cccc([N+](=O)[O-])c1. The van der Waals surface area contributed by atoms with Gasteiger partial charge in [-0.05, 0) is 34.7 Å². The Morgan fingerprint density at radius 2 is 1.79 bits per heavy atom. The van der Waals surface area contributed by atoms with Gasteiger partial charge in [0.15, 0.2) is 0 Å². The van der Waals surface area contributed by atoms with Crippen molar-refractivity contribution >= 4 is 40.4 Å². The summed E-state index contributed by atoms with van der Waals surface area (Å²) in [4.78, 5) is 45.9. The van der Waals surface area contributed by atoms with E-state index >= 15 is 0 Å². The summed E-state index contributed by atoms with van der Waals surface area (Å²) in [6.45, 7) is -0.149. The Kier molecular flexibility index (Phi) is 5.09. The number of hydrogen-bond donors (Lipinski definition) is 0. The zero-order valence-electron chi connectivity index (χ0n) is 13.9. The standard InChI is InChI=1S/C17H11N3O7S/c21-14-5-4-10(7-13(14)20(26)27)8-15-16(22)18(17(23)28-15)9-11-2-1-3-12(6-11)19(24)25/h1-8,21H,9H2/p-1/b15-8+. The Morgan fingerprint density at radius 3 is 2.46 bits per heavy atom. The third-order valence-electron chi connectivity index (χ3n) is 3.81. The first-order valence-corrected chi connectivity index (χ1v) is 8.52. The lowest BCUT2D eigenvalue weighted by atomic mass is 10.1. The minimum Gasteiger partial charge on any atom is -0.868 e. The highest BCUT2D eigenvalue weighted by Crippen LogP contribution is 2.34. The zero-order valence-corrected chi connectivity index (χ0v) is 14.8. The summed E-state index contributed by atoms with van der Waals surface area (Å²) in [6.07, 6.45) is 1.28. The van der Waals surface area contributed by atoms with Gasteiger partial charge in [-0.15, -0.1) is 0 Å². The highest BCUT2D eigenvalue weighted by Gasteiger charge is 2.35. The van der Waals surface area contributed by atoms with E-state index in [1.165, 1.54) is 30.3 Å². The van der Waals surface area contributed by atoms with Gasteiger partial charge in [0.05, 0.1) is 21.3 Å². The van der Waals surface area contributed by atoms with E-state index in [9.17, 15) is 34.9 Å². The number of thioether (sulfide) groups is 1. The Labute approximate surface area is 161 Å². The third kappa shape index (κ3) is 3.83. The first kappa shape index (κ1) is 19.0. The zero-order chi connectivity index (χ0) is 20.4. The van der Waals surface area contributed by atoms with Gasteiger partial charge in [0.1, 0.15) is 0 Å². The van der Waals surface area contributed by atoms with Gasteiger partial charge in [0, 0.05) is 18.2 Å². The molecular weight excluding hydrogens is 390 g/mol. The number of hydrogen-bond acceptors (Lipinski definition) is 8. The lowest BCUT2D eigenvalue weighted by molar-refractivity contribution is -0.398. The van der Waals surface area contributed by atoms with E-state index in [-0.39, 0.29) is 22.7 Å². The predicted molar refractivity (Wildman–Crippen MR) is 97.2 cm³/mol. The van der Waals surface area contributed by atoms with Gasteiger partial charge in [0.2, 0.25) is 0 Å². The molecule has 0 saturated carbocycles. The van der Waals surface area contributed by atoms with Crippen molar-refractivity contribution < 1.29 is 24.5 Å². The van der Waals surface area contributed by atoms with Crippen molar-refractivity contribution in [3.63, 3.8) is 0 Å². The van der Waals surface area contributed by atoms with Crippen LogP contribution in [0.2, 0.25) is 0 Å². The molecule has 2 aromatic carbocycles. The summed E-state index contributed by atoms with van der Waals surface area (Å²) in [5, 5.41) is 32.6. The molecule has 0 aliphatic carbocycles. The van der Waals surface area contributed by atoms with E-state index in [4.69, 9.17) is 0 Å². The smallest absolute Gasteiger partial charge is 0.293 e. The average molecular weight is 400 g/mol. The molecule has 0 radical (unpaired) electrons. The third-order valence-corrected chi connectivity index (χ3v) is 4.72. The summed E-state index contributed by atoms with van der Waals surface area (Å²) in [7, 11) is 0. The van der Waals surface area contributed by atoms with Gasteiger partial charge < -0.3 is 5.11 Å². The molecular formula is C17H10N3O7S-. The molecule has 0 N–H and O–H groups in total. The number of carbonyl (C=O) groups is 2. The van der Waals surface area contributed by atoms with Crippen molar-refractivity contribution in [1.82, 2.24) is 4.90 Å². The van der Waals surface area contributed by atoms with Crippen LogP contribution in [0.1, 0.15) is 11.1 Å². The van der Waals surface area contributed by atoms with Crippen LogP contribution in [0.25, 0.3) is 6.08 Å². The Morgan fingerprint density at radius 1 is 1.04 bits per heavy atom. The van der Waals surface area contributed by atoms with E-state index < -0.39 is 32.4 Å². The molecule has 28 heavy (non-hydrogen) atoms. The molecule has 1 aliphatic heterocycles. The summed E-state index contributed by atoms with van der Waals surface area (Å²) in [5.41, 5.74) is -0.161. The maximum absolute atomic E-state index is 12.5. The molecule has 0 unspecified atom stereocenters. The van der Waals surface area contributed by atoms with Crippen LogP contribution in [0.4, 0.5) is 16.2 Å². The predicted octanol–water partition coefficient (Wildman–Crippen LogP) is 2.81. The van der Waals surface area contributed by atoms with Crippen LogP contribution >= 0.6 is 11.8 Å². The van der Waals surface area contributed by atoms with Crippen LogP contribution in [0.3, 0.4) is 0 Å². The topological polar surface area (TPSA) is 147 Å². The van der Waals surface area contributed by atoms with Crippen LogP contribution in [0.5, 0.6) is 5.75 Å². The van der Waals surface area contributed by atoms with Gasteiger partial charge in [-0.2, -0.15) is 0 Å². The number of amides is 2. The monoisotopic (exact) mass is 400 g/mol. The van der Waals surface area contributed by atoms with E-state index in [0.717, 1.165) is 17.0 Å². The number of rotatable bonds is 5. The number of nitro benzene ring substituents is 2. The van der Waals surface area contributed by atoms with Crippen LogP contribution < -0.4 is 5.11 Å². The maximum Gasteiger partial charge on any atom is 0.293 e. The van der Waals surface area contributed by atoms with Crippen molar-refractivity contribution in [1.29, 1.82) is 0 Å². The van der Waals surface area contributed by atoms with Crippen LogP contribution in [-0.2, 0) is 11.3 Å². The molecule has 10 nitrogen and oxygen atoms in total. The van der Waals surface area contributed by atoms with E-state index in [0.29, 0.717) is 17.3 Å². The molecule has 0 aromatic heterocycles. The van der Waals surface area contributed by atoms with Gasteiger partial charge >= 0.3 is 0 Å². The summed E-state index contributed by atoms with van der Waals surface area (Å²) in [6, 6.07) is 8.91. The van der Waals surface area contributed by atoms with Crippen molar-refractivity contribution in [2.75, 3.05) is 0 Å². The normalized spacial score (nSPS) is 15.3. The second-order valence-electron chi connectivity index (χ2n) is 5.68. The summed E-state index contributed by atoms with van der Waals surface area (Å²) in [5.74, 6) is -1.39. The number of carbonyl (C=O) groups excluding carboxylic acids is 2. The minimum absolute atomic E-state index is 0.0309. The molecule has 3 rings (SSSR count). The van der Waals surface area contributed by atoms with Crippen LogP contribution in [0.15, 0.2) is 47.4 Å². The number of non-ortho nitro benzene ring substituents is 1. The molecule has 1 heterocycles. The highest BCUT2D eigenvalue weighted by molar-refractivity contribution is 8.18. The molecule has 2 amide bonds. The number of nitrogens with zero attached hydrogens (tertiary/aromatic N) is 3. The van der Waals surface area contributed by atoms with E-state index in [1.807, 2.05) is 0 Å². The fourth-order valence-electron chi connectivity index (χ4n) is 2.51. The van der Waals surface area contributed by atoms with Crippen molar-refractivity contribution in [3.8, 4) is 5.75 Å². The molecule has 1 fully saturated rings. The number of benzene rings is 2. The van der Waals surface area contributed by atoms with Crippen LogP contribution in [0, 0.1) is 20.2 Å². The Hall–Kier alpha value is -3.73. The van der Waals surface area contributed by atoms with Gasteiger partial charge in [0.25, 0.3) is 22.5 Å². The van der Waals surface area contributed by atoms with E-state index in [1.54, 1.807) is 6.07 Å². The van der Waals surface area contributed by atoms with Crippen LogP contribution in [-0.4, -0.2) is 25.9 Å². The molecule has 11 heteroatoms. The minimum atomic E-state index is -0.826. The van der Waals surface area contributed by atoms with Gasteiger partial charge in [-0.3, -0.25) is 34.7 Å². The first-order chi connectivity index (χ1) is 13.3.